The standard InChI is InChI=1S/C11H16F2N2O3S2/c12-11(13,8-16)7-15-20(17,18)5-4-19-10-3-1-2-9(14)6-10/h1-3,6,15-16H,4-5,7-8,14H2. The maximum Gasteiger partial charge on any atom is 0.283 e. The van der Waals surface area contributed by atoms with Crippen LogP contribution in [0.25, 0.3) is 0 Å². The minimum Gasteiger partial charge on any atom is -0.399 e. The lowest BCUT2D eigenvalue weighted by Gasteiger charge is -2.14. The lowest BCUT2D eigenvalue weighted by atomic mass is 10.3. The minimum absolute atomic E-state index is 0.212. The Bertz CT molecular complexity index is 538. The van der Waals surface area contributed by atoms with Crippen molar-refractivity contribution in [3.63, 3.8) is 0 Å². The molecule has 114 valence electrons. The van der Waals surface area contributed by atoms with Gasteiger partial charge in [0.2, 0.25) is 10.0 Å². The van der Waals surface area contributed by atoms with Crippen molar-refractivity contribution < 1.29 is 22.3 Å². The van der Waals surface area contributed by atoms with Crippen LogP contribution in [0.3, 0.4) is 0 Å². The van der Waals surface area contributed by atoms with E-state index in [4.69, 9.17) is 10.8 Å². The Morgan fingerprint density at radius 3 is 2.70 bits per heavy atom. The number of anilines is 1. The van der Waals surface area contributed by atoms with Gasteiger partial charge in [0, 0.05) is 16.3 Å². The predicted octanol–water partition coefficient (Wildman–Crippen LogP) is 0.908. The van der Waals surface area contributed by atoms with Crippen molar-refractivity contribution in [2.75, 3.05) is 30.4 Å². The molecule has 0 aromatic heterocycles. The summed E-state index contributed by atoms with van der Waals surface area (Å²) in [4.78, 5) is 0.806. The largest absolute Gasteiger partial charge is 0.399 e. The number of sulfonamides is 1. The lowest BCUT2D eigenvalue weighted by molar-refractivity contribution is -0.0437. The van der Waals surface area contributed by atoms with Crippen molar-refractivity contribution in [2.24, 2.45) is 0 Å². The van der Waals surface area contributed by atoms with Gasteiger partial charge in [0.25, 0.3) is 5.92 Å². The van der Waals surface area contributed by atoms with Crippen LogP contribution in [-0.4, -0.2) is 44.1 Å². The molecule has 4 N–H and O–H groups in total. The van der Waals surface area contributed by atoms with Gasteiger partial charge in [-0.3, -0.25) is 0 Å². The summed E-state index contributed by atoms with van der Waals surface area (Å²) >= 11 is 1.26. The van der Waals surface area contributed by atoms with Gasteiger partial charge < -0.3 is 10.8 Å². The molecule has 9 heteroatoms. The van der Waals surface area contributed by atoms with Crippen LogP contribution in [0.4, 0.5) is 14.5 Å². The summed E-state index contributed by atoms with van der Waals surface area (Å²) in [5, 5.41) is 8.34. The maximum absolute atomic E-state index is 12.7. The van der Waals surface area contributed by atoms with Crippen LogP contribution in [0.1, 0.15) is 0 Å². The summed E-state index contributed by atoms with van der Waals surface area (Å²) in [6, 6.07) is 6.93. The number of hydrogen-bond donors (Lipinski definition) is 3. The second-order valence-electron chi connectivity index (χ2n) is 4.08. The number of aliphatic hydroxyl groups excluding tert-OH is 1. The van der Waals surface area contributed by atoms with E-state index in [0.717, 1.165) is 4.90 Å². The molecule has 0 aliphatic rings. The number of nitrogens with one attached hydrogen (secondary N) is 1. The van der Waals surface area contributed by atoms with Gasteiger partial charge in [-0.2, -0.15) is 0 Å². The summed E-state index contributed by atoms with van der Waals surface area (Å²) in [6.07, 6.45) is 0. The third-order valence-electron chi connectivity index (χ3n) is 2.26. The third kappa shape index (κ3) is 6.51. The van der Waals surface area contributed by atoms with Crippen molar-refractivity contribution in [1.29, 1.82) is 0 Å². The van der Waals surface area contributed by atoms with Crippen molar-refractivity contribution >= 4 is 27.5 Å². The molecule has 0 heterocycles. The molecule has 0 amide bonds. The van der Waals surface area contributed by atoms with Gasteiger partial charge in [-0.05, 0) is 18.2 Å². The first kappa shape index (κ1) is 17.2. The monoisotopic (exact) mass is 326 g/mol. The highest BCUT2D eigenvalue weighted by Crippen LogP contribution is 2.20. The first-order valence-electron chi connectivity index (χ1n) is 5.68. The summed E-state index contributed by atoms with van der Waals surface area (Å²) < 4.78 is 50.2. The first-order chi connectivity index (χ1) is 9.24. The summed E-state index contributed by atoms with van der Waals surface area (Å²) in [7, 11) is -3.80. The first-order valence-corrected chi connectivity index (χ1v) is 8.32. The molecule has 0 fully saturated rings. The highest BCUT2D eigenvalue weighted by atomic mass is 32.2. The van der Waals surface area contributed by atoms with E-state index in [-0.39, 0.29) is 11.5 Å². The van der Waals surface area contributed by atoms with E-state index in [1.165, 1.54) is 11.8 Å². The van der Waals surface area contributed by atoms with Gasteiger partial charge >= 0.3 is 0 Å². The average molecular weight is 326 g/mol. The number of nitrogens with two attached hydrogens (primary N) is 1. The van der Waals surface area contributed by atoms with E-state index in [9.17, 15) is 17.2 Å². The quantitative estimate of drug-likeness (QED) is 0.488. The Hall–Kier alpha value is -0.900. The van der Waals surface area contributed by atoms with Crippen LogP contribution < -0.4 is 10.5 Å². The molecule has 5 nitrogen and oxygen atoms in total. The molecule has 0 unspecified atom stereocenters. The van der Waals surface area contributed by atoms with Gasteiger partial charge in [0.1, 0.15) is 6.61 Å². The maximum atomic E-state index is 12.7. The van der Waals surface area contributed by atoms with E-state index in [1.807, 2.05) is 0 Å². The molecule has 0 atom stereocenters. The normalized spacial score (nSPS) is 12.6. The molecular formula is C11H16F2N2O3S2. The Morgan fingerprint density at radius 2 is 2.10 bits per heavy atom. The van der Waals surface area contributed by atoms with Gasteiger partial charge in [-0.15, -0.1) is 11.8 Å². The predicted molar refractivity (Wildman–Crippen MR) is 75.4 cm³/mol. The molecule has 0 saturated carbocycles. The third-order valence-corrected chi connectivity index (χ3v) is 4.84. The van der Waals surface area contributed by atoms with E-state index < -0.39 is 29.1 Å². The number of benzene rings is 1. The van der Waals surface area contributed by atoms with E-state index in [1.54, 1.807) is 29.0 Å². The van der Waals surface area contributed by atoms with Crippen LogP contribution in [0, 0.1) is 0 Å². The SMILES string of the molecule is Nc1cccc(SCCS(=O)(=O)NCC(F)(F)CO)c1. The summed E-state index contributed by atoms with van der Waals surface area (Å²) in [5.74, 6) is -3.54. The molecule has 0 saturated heterocycles. The van der Waals surface area contributed by atoms with Crippen LogP contribution in [0.2, 0.25) is 0 Å². The fraction of sp³-hybridized carbons (Fsp3) is 0.455. The molecule has 0 spiro atoms. The fourth-order valence-electron chi connectivity index (χ4n) is 1.22. The molecular weight excluding hydrogens is 310 g/mol. The van der Waals surface area contributed by atoms with Gasteiger partial charge in [0.05, 0.1) is 12.3 Å². The Kier molecular flexibility index (Phi) is 6.18. The summed E-state index contributed by atoms with van der Waals surface area (Å²) in [5.41, 5.74) is 6.14. The van der Waals surface area contributed by atoms with Crippen molar-refractivity contribution in [3.8, 4) is 0 Å². The van der Waals surface area contributed by atoms with E-state index in [0.29, 0.717) is 5.69 Å². The number of aliphatic hydroxyl groups is 1. The van der Waals surface area contributed by atoms with Gasteiger partial charge in [-0.1, -0.05) is 6.07 Å². The van der Waals surface area contributed by atoms with E-state index in [2.05, 4.69) is 0 Å². The molecule has 1 aromatic carbocycles. The number of halogens is 2. The van der Waals surface area contributed by atoms with Crippen LogP contribution in [0.5, 0.6) is 0 Å². The van der Waals surface area contributed by atoms with Crippen molar-refractivity contribution in [3.05, 3.63) is 24.3 Å². The second kappa shape index (κ2) is 7.21. The molecule has 0 aliphatic carbocycles. The zero-order chi connectivity index (χ0) is 15.2. The molecule has 1 aromatic rings. The number of hydrogen-bond acceptors (Lipinski definition) is 5. The fourth-order valence-corrected chi connectivity index (χ4v) is 3.63. The number of alkyl halides is 2. The zero-order valence-electron chi connectivity index (χ0n) is 10.6. The van der Waals surface area contributed by atoms with E-state index >= 15 is 0 Å². The van der Waals surface area contributed by atoms with Gasteiger partial charge in [-0.25, -0.2) is 21.9 Å². The van der Waals surface area contributed by atoms with Crippen LogP contribution in [0.15, 0.2) is 29.2 Å². The highest BCUT2D eigenvalue weighted by Gasteiger charge is 2.29. The molecule has 0 bridgehead atoms. The average Bonchev–Trinajstić information content (AvgIpc) is 2.37. The molecule has 0 radical (unpaired) electrons. The molecule has 20 heavy (non-hydrogen) atoms. The molecule has 0 aliphatic heterocycles. The molecule has 1 rings (SSSR count). The number of rotatable bonds is 8. The lowest BCUT2D eigenvalue weighted by Crippen LogP contribution is -2.40. The van der Waals surface area contributed by atoms with Crippen LogP contribution >= 0.6 is 11.8 Å². The highest BCUT2D eigenvalue weighted by molar-refractivity contribution is 8.00. The smallest absolute Gasteiger partial charge is 0.283 e. The second-order valence-corrected chi connectivity index (χ2v) is 7.17. The Morgan fingerprint density at radius 1 is 1.40 bits per heavy atom. The van der Waals surface area contributed by atoms with Crippen molar-refractivity contribution in [1.82, 2.24) is 4.72 Å². The van der Waals surface area contributed by atoms with Gasteiger partial charge in [0.15, 0.2) is 0 Å². The number of nitrogen functional groups attached to an aromatic ring is 1. The van der Waals surface area contributed by atoms with Crippen LogP contribution in [-0.2, 0) is 10.0 Å². The van der Waals surface area contributed by atoms with Crippen molar-refractivity contribution in [2.45, 2.75) is 10.8 Å². The Balaban J connectivity index is 2.40. The summed E-state index contributed by atoms with van der Waals surface area (Å²) in [6.45, 7) is -2.50. The Labute approximate surface area is 120 Å². The number of thioether (sulfide) groups is 1. The zero-order valence-corrected chi connectivity index (χ0v) is 12.2. The topological polar surface area (TPSA) is 92.4 Å². The minimum atomic E-state index is -3.80.